The Hall–Kier alpha value is -2.32. The lowest BCUT2D eigenvalue weighted by Crippen LogP contribution is -2.04. The maximum absolute atomic E-state index is 13.0. The van der Waals surface area contributed by atoms with Crippen LogP contribution >= 0.6 is 0 Å². The fraction of sp³-hybridized carbons (Fsp3) is 0.200. The van der Waals surface area contributed by atoms with Crippen molar-refractivity contribution in [1.29, 1.82) is 0 Å². The average Bonchev–Trinajstić information content (AvgIpc) is 2.52. The fourth-order valence-electron chi connectivity index (χ4n) is 1.81. The third-order valence-electron chi connectivity index (χ3n) is 3.04. The number of azo groups is 1. The minimum atomic E-state index is -4.77. The highest BCUT2D eigenvalue weighted by molar-refractivity contribution is 7.86. The van der Waals surface area contributed by atoms with Crippen LogP contribution in [-0.4, -0.2) is 26.7 Å². The maximum atomic E-state index is 13.0. The van der Waals surface area contributed by atoms with Crippen LogP contribution in [0.2, 0.25) is 0 Å². The number of halogens is 1. The highest BCUT2D eigenvalue weighted by Crippen LogP contribution is 2.26. The summed E-state index contributed by atoms with van der Waals surface area (Å²) in [5.41, 5.74) is 2.36. The number of benzene rings is 2. The number of hydrogen-bond donors (Lipinski definition) is 2. The van der Waals surface area contributed by atoms with Gasteiger partial charge in [-0.25, -0.2) is 0 Å². The third-order valence-corrected chi connectivity index (χ3v) is 3.86. The number of anilines is 1. The van der Waals surface area contributed by atoms with Crippen molar-refractivity contribution >= 4 is 27.3 Å². The number of nitrogens with one attached hydrogen (secondary N) is 1. The second-order valence-corrected chi connectivity index (χ2v) is 6.13. The summed E-state index contributed by atoms with van der Waals surface area (Å²) < 4.78 is 34.9. The Bertz CT molecular complexity index is 805. The topological polar surface area (TPSA) is 91.1 Å². The Labute approximate surface area is 133 Å². The molecule has 2 aromatic rings. The summed E-state index contributed by atoms with van der Waals surface area (Å²) in [4.78, 5) is -0.444. The summed E-state index contributed by atoms with van der Waals surface area (Å²) in [7, 11) is -4.77. The van der Waals surface area contributed by atoms with Crippen LogP contribution in [0.4, 0.5) is 20.9 Å². The van der Waals surface area contributed by atoms with E-state index in [0.29, 0.717) is 17.8 Å². The number of aliphatic hydroxyl groups is 1. The molecule has 0 amide bonds. The quantitative estimate of drug-likeness (QED) is 0.624. The summed E-state index contributed by atoms with van der Waals surface area (Å²) in [6.07, 6.45) is 0. The summed E-state index contributed by atoms with van der Waals surface area (Å²) >= 11 is 0. The van der Waals surface area contributed by atoms with E-state index >= 15 is 0 Å². The van der Waals surface area contributed by atoms with E-state index in [2.05, 4.69) is 15.5 Å². The van der Waals surface area contributed by atoms with Crippen LogP contribution in [0.15, 0.2) is 57.6 Å². The molecule has 0 saturated carbocycles. The number of rotatable bonds is 6. The Morgan fingerprint density at radius 1 is 1.13 bits per heavy atom. The van der Waals surface area contributed by atoms with Crippen molar-refractivity contribution in [2.75, 3.05) is 18.5 Å². The first-order valence-electron chi connectivity index (χ1n) is 6.82. The highest BCUT2D eigenvalue weighted by Gasteiger charge is 2.13. The molecule has 0 bridgehead atoms. The second kappa shape index (κ2) is 7.30. The fourth-order valence-corrected chi connectivity index (χ4v) is 2.29. The SMILES string of the molecule is Cc1ccc(S(=O)(=O)F)cc1/N=N/c1ccc(NCCO)cc1. The van der Waals surface area contributed by atoms with Crippen LogP contribution in [0.5, 0.6) is 0 Å². The summed E-state index contributed by atoms with van der Waals surface area (Å²) in [6, 6.07) is 10.8. The molecule has 0 spiro atoms. The van der Waals surface area contributed by atoms with Gasteiger partial charge in [0, 0.05) is 12.2 Å². The zero-order valence-corrected chi connectivity index (χ0v) is 13.2. The molecule has 0 aliphatic carbocycles. The molecular weight excluding hydrogens is 321 g/mol. The largest absolute Gasteiger partial charge is 0.395 e. The van der Waals surface area contributed by atoms with Crippen molar-refractivity contribution in [2.45, 2.75) is 11.8 Å². The zero-order valence-electron chi connectivity index (χ0n) is 12.4. The van der Waals surface area contributed by atoms with Crippen molar-refractivity contribution in [3.05, 3.63) is 48.0 Å². The van der Waals surface area contributed by atoms with Crippen molar-refractivity contribution in [2.24, 2.45) is 10.2 Å². The van der Waals surface area contributed by atoms with Gasteiger partial charge in [0.15, 0.2) is 0 Å². The first-order chi connectivity index (χ1) is 10.9. The van der Waals surface area contributed by atoms with Crippen LogP contribution < -0.4 is 5.32 Å². The molecule has 0 aliphatic heterocycles. The predicted molar refractivity (Wildman–Crippen MR) is 85.7 cm³/mol. The number of hydrogen-bond acceptors (Lipinski definition) is 6. The minimum Gasteiger partial charge on any atom is -0.395 e. The predicted octanol–water partition coefficient (Wildman–Crippen LogP) is 3.47. The first kappa shape index (κ1) is 17.0. The van der Waals surface area contributed by atoms with Gasteiger partial charge >= 0.3 is 10.2 Å². The molecule has 0 radical (unpaired) electrons. The van der Waals surface area contributed by atoms with E-state index in [1.54, 1.807) is 31.2 Å². The van der Waals surface area contributed by atoms with Crippen LogP contribution in [0.1, 0.15) is 5.56 Å². The van der Waals surface area contributed by atoms with Gasteiger partial charge in [0.2, 0.25) is 0 Å². The number of aliphatic hydroxyl groups excluding tert-OH is 1. The molecule has 0 fully saturated rings. The molecule has 0 saturated heterocycles. The zero-order chi connectivity index (χ0) is 16.9. The molecule has 0 unspecified atom stereocenters. The lowest BCUT2D eigenvalue weighted by Gasteiger charge is -2.04. The molecule has 2 aromatic carbocycles. The molecule has 6 nitrogen and oxygen atoms in total. The van der Waals surface area contributed by atoms with Gasteiger partial charge in [0.1, 0.15) is 4.90 Å². The van der Waals surface area contributed by atoms with Gasteiger partial charge < -0.3 is 10.4 Å². The molecule has 2 rings (SSSR count). The van der Waals surface area contributed by atoms with E-state index in [1.165, 1.54) is 12.1 Å². The molecule has 0 aliphatic rings. The smallest absolute Gasteiger partial charge is 0.332 e. The maximum Gasteiger partial charge on any atom is 0.332 e. The van der Waals surface area contributed by atoms with Gasteiger partial charge in [0.25, 0.3) is 0 Å². The summed E-state index contributed by atoms with van der Waals surface area (Å²) in [5.74, 6) is 0. The molecule has 8 heteroatoms. The van der Waals surface area contributed by atoms with E-state index in [-0.39, 0.29) is 12.3 Å². The average molecular weight is 337 g/mol. The van der Waals surface area contributed by atoms with Crippen LogP contribution in [0.25, 0.3) is 0 Å². The van der Waals surface area contributed by atoms with Crippen molar-refractivity contribution in [3.8, 4) is 0 Å². The first-order valence-corrected chi connectivity index (χ1v) is 8.20. The van der Waals surface area contributed by atoms with Gasteiger partial charge in [0.05, 0.1) is 18.0 Å². The molecule has 0 atom stereocenters. The lowest BCUT2D eigenvalue weighted by atomic mass is 10.2. The van der Waals surface area contributed by atoms with Gasteiger partial charge in [-0.1, -0.05) is 6.07 Å². The van der Waals surface area contributed by atoms with Crippen LogP contribution in [0, 0.1) is 6.92 Å². The highest BCUT2D eigenvalue weighted by atomic mass is 32.3. The number of aryl methyl sites for hydroxylation is 1. The molecule has 0 heterocycles. The van der Waals surface area contributed by atoms with Crippen molar-refractivity contribution in [1.82, 2.24) is 0 Å². The minimum absolute atomic E-state index is 0.0363. The Kier molecular flexibility index (Phi) is 5.41. The molecule has 122 valence electrons. The molecule has 23 heavy (non-hydrogen) atoms. The van der Waals surface area contributed by atoms with E-state index in [1.807, 2.05) is 0 Å². The molecule has 0 aromatic heterocycles. The lowest BCUT2D eigenvalue weighted by molar-refractivity contribution is 0.311. The Morgan fingerprint density at radius 2 is 1.83 bits per heavy atom. The van der Waals surface area contributed by atoms with Crippen LogP contribution in [0.3, 0.4) is 0 Å². The van der Waals surface area contributed by atoms with Crippen LogP contribution in [-0.2, 0) is 10.2 Å². The second-order valence-electron chi connectivity index (χ2n) is 4.78. The standard InChI is InChI=1S/C15H16FN3O3S/c1-11-2-7-14(23(16,21)22)10-15(11)19-18-13-5-3-12(4-6-13)17-8-9-20/h2-7,10,17,20H,8-9H2,1H3/b19-18+. The third kappa shape index (κ3) is 4.83. The van der Waals surface area contributed by atoms with E-state index in [0.717, 1.165) is 11.8 Å². The van der Waals surface area contributed by atoms with Gasteiger partial charge in [-0.2, -0.15) is 18.6 Å². The Balaban J connectivity index is 2.19. The molecule has 2 N–H and O–H groups in total. The molecular formula is C15H16FN3O3S. The van der Waals surface area contributed by atoms with Gasteiger partial charge in [-0.05, 0) is 48.9 Å². The van der Waals surface area contributed by atoms with E-state index in [9.17, 15) is 12.3 Å². The normalized spacial score (nSPS) is 11.8. The van der Waals surface area contributed by atoms with E-state index < -0.39 is 15.1 Å². The van der Waals surface area contributed by atoms with E-state index in [4.69, 9.17) is 5.11 Å². The monoisotopic (exact) mass is 337 g/mol. The van der Waals surface area contributed by atoms with Gasteiger partial charge in [-0.3, -0.25) is 0 Å². The van der Waals surface area contributed by atoms with Gasteiger partial charge in [-0.15, -0.1) is 3.89 Å². The Morgan fingerprint density at radius 3 is 2.43 bits per heavy atom. The van der Waals surface area contributed by atoms with Crippen molar-refractivity contribution in [3.63, 3.8) is 0 Å². The summed E-state index contributed by atoms with van der Waals surface area (Å²) in [6.45, 7) is 2.21. The number of nitrogens with zero attached hydrogens (tertiary/aromatic N) is 2. The summed E-state index contributed by atoms with van der Waals surface area (Å²) in [5, 5.41) is 19.7. The van der Waals surface area contributed by atoms with Crippen molar-refractivity contribution < 1.29 is 17.4 Å².